The maximum atomic E-state index is 10.1. The summed E-state index contributed by atoms with van der Waals surface area (Å²) in [5, 5.41) is 10.1. The quantitative estimate of drug-likeness (QED) is 0.606. The van der Waals surface area contributed by atoms with Crippen LogP contribution in [0, 0.1) is 6.92 Å². The SMILES string of the molecule is CCCCCCCCCCC(O)c1ccnc(C)c1. The number of aryl methyl sites for hydroxylation is 1. The zero-order valence-corrected chi connectivity index (χ0v) is 12.6. The van der Waals surface area contributed by atoms with Gasteiger partial charge in [-0.15, -0.1) is 0 Å². The molecule has 1 unspecified atom stereocenters. The second-order valence-electron chi connectivity index (χ2n) is 5.51. The largest absolute Gasteiger partial charge is 0.388 e. The minimum absolute atomic E-state index is 0.318. The van der Waals surface area contributed by atoms with E-state index in [-0.39, 0.29) is 6.10 Å². The average molecular weight is 263 g/mol. The number of hydrogen-bond donors (Lipinski definition) is 1. The van der Waals surface area contributed by atoms with Crippen molar-refractivity contribution in [2.75, 3.05) is 0 Å². The van der Waals surface area contributed by atoms with Crippen molar-refractivity contribution in [3.8, 4) is 0 Å². The highest BCUT2D eigenvalue weighted by atomic mass is 16.3. The van der Waals surface area contributed by atoms with Crippen LogP contribution in [0.25, 0.3) is 0 Å². The van der Waals surface area contributed by atoms with Gasteiger partial charge in [-0.1, -0.05) is 58.3 Å². The minimum atomic E-state index is -0.318. The van der Waals surface area contributed by atoms with Crippen LogP contribution in [0.1, 0.15) is 82.1 Å². The molecule has 1 heterocycles. The molecule has 1 rings (SSSR count). The Morgan fingerprint density at radius 2 is 1.68 bits per heavy atom. The first-order chi connectivity index (χ1) is 9.24. The van der Waals surface area contributed by atoms with Crippen LogP contribution in [0.4, 0.5) is 0 Å². The maximum absolute atomic E-state index is 10.1. The summed E-state index contributed by atoms with van der Waals surface area (Å²) in [5.41, 5.74) is 1.99. The zero-order valence-electron chi connectivity index (χ0n) is 12.6. The van der Waals surface area contributed by atoms with Gasteiger partial charge in [0.2, 0.25) is 0 Å². The summed E-state index contributed by atoms with van der Waals surface area (Å²) < 4.78 is 0. The summed E-state index contributed by atoms with van der Waals surface area (Å²) in [6, 6.07) is 3.90. The number of nitrogens with zero attached hydrogens (tertiary/aromatic N) is 1. The lowest BCUT2D eigenvalue weighted by molar-refractivity contribution is 0.163. The molecule has 0 aliphatic carbocycles. The van der Waals surface area contributed by atoms with E-state index in [4.69, 9.17) is 0 Å². The molecule has 108 valence electrons. The summed E-state index contributed by atoms with van der Waals surface area (Å²) >= 11 is 0. The van der Waals surface area contributed by atoms with Gasteiger partial charge in [-0.05, 0) is 31.0 Å². The van der Waals surface area contributed by atoms with Crippen molar-refractivity contribution in [2.24, 2.45) is 0 Å². The lowest BCUT2D eigenvalue weighted by Crippen LogP contribution is -1.98. The van der Waals surface area contributed by atoms with Crippen molar-refractivity contribution >= 4 is 0 Å². The Balaban J connectivity index is 2.06. The average Bonchev–Trinajstić information content (AvgIpc) is 2.41. The fraction of sp³-hybridized carbons (Fsp3) is 0.706. The van der Waals surface area contributed by atoms with E-state index >= 15 is 0 Å². The molecule has 0 aliphatic heterocycles. The van der Waals surface area contributed by atoms with Crippen LogP contribution in [0.2, 0.25) is 0 Å². The van der Waals surface area contributed by atoms with Crippen LogP contribution in [0.5, 0.6) is 0 Å². The first-order valence-electron chi connectivity index (χ1n) is 7.84. The smallest absolute Gasteiger partial charge is 0.0791 e. The maximum Gasteiger partial charge on any atom is 0.0791 e. The molecular formula is C17H29NO. The van der Waals surface area contributed by atoms with Gasteiger partial charge >= 0.3 is 0 Å². The Kier molecular flexibility index (Phi) is 8.48. The number of pyridine rings is 1. The third-order valence-corrected chi connectivity index (χ3v) is 3.64. The van der Waals surface area contributed by atoms with Crippen molar-refractivity contribution in [3.63, 3.8) is 0 Å². The standard InChI is InChI=1S/C17H29NO/c1-3-4-5-6-7-8-9-10-11-17(19)16-12-13-18-15(2)14-16/h12-14,17,19H,3-11H2,1-2H3. The first kappa shape index (κ1) is 16.2. The lowest BCUT2D eigenvalue weighted by atomic mass is 10.0. The van der Waals surface area contributed by atoms with Crippen LogP contribution in [-0.4, -0.2) is 10.1 Å². The van der Waals surface area contributed by atoms with Crippen LogP contribution in [0.15, 0.2) is 18.3 Å². The first-order valence-corrected chi connectivity index (χ1v) is 7.84. The van der Waals surface area contributed by atoms with Gasteiger partial charge in [0.25, 0.3) is 0 Å². The number of aromatic nitrogens is 1. The van der Waals surface area contributed by atoms with E-state index in [2.05, 4.69) is 11.9 Å². The lowest BCUT2D eigenvalue weighted by Gasteiger charge is -2.11. The third kappa shape index (κ3) is 7.31. The van der Waals surface area contributed by atoms with E-state index in [1.807, 2.05) is 19.1 Å². The number of aliphatic hydroxyl groups excluding tert-OH is 1. The summed E-state index contributed by atoms with van der Waals surface area (Å²) in [6.45, 7) is 4.22. The molecule has 1 N–H and O–H groups in total. The highest BCUT2D eigenvalue weighted by Gasteiger charge is 2.07. The van der Waals surface area contributed by atoms with E-state index < -0.39 is 0 Å². The van der Waals surface area contributed by atoms with E-state index in [0.717, 1.165) is 24.1 Å². The molecule has 2 heteroatoms. The van der Waals surface area contributed by atoms with Crippen LogP contribution >= 0.6 is 0 Å². The Hall–Kier alpha value is -0.890. The number of rotatable bonds is 10. The number of hydrogen-bond acceptors (Lipinski definition) is 2. The van der Waals surface area contributed by atoms with Gasteiger partial charge in [0.05, 0.1) is 6.10 Å². The second-order valence-corrected chi connectivity index (χ2v) is 5.51. The Labute approximate surface area is 118 Å². The summed E-state index contributed by atoms with van der Waals surface area (Å²) in [5.74, 6) is 0. The van der Waals surface area contributed by atoms with E-state index in [1.165, 1.54) is 44.9 Å². The normalized spacial score (nSPS) is 12.6. The van der Waals surface area contributed by atoms with E-state index in [9.17, 15) is 5.11 Å². The van der Waals surface area contributed by atoms with Gasteiger partial charge in [-0.3, -0.25) is 4.98 Å². The zero-order chi connectivity index (χ0) is 13.9. The summed E-state index contributed by atoms with van der Waals surface area (Å²) in [4.78, 5) is 4.16. The molecule has 0 saturated heterocycles. The Morgan fingerprint density at radius 1 is 1.05 bits per heavy atom. The van der Waals surface area contributed by atoms with Crippen LogP contribution in [-0.2, 0) is 0 Å². The molecule has 0 aromatic carbocycles. The highest BCUT2D eigenvalue weighted by molar-refractivity contribution is 5.17. The molecule has 0 saturated carbocycles. The summed E-state index contributed by atoms with van der Waals surface area (Å²) in [7, 11) is 0. The molecule has 0 aliphatic rings. The number of unbranched alkanes of at least 4 members (excludes halogenated alkanes) is 7. The highest BCUT2D eigenvalue weighted by Crippen LogP contribution is 2.20. The molecule has 0 amide bonds. The van der Waals surface area contributed by atoms with E-state index in [0.29, 0.717) is 0 Å². The van der Waals surface area contributed by atoms with Gasteiger partial charge in [0, 0.05) is 11.9 Å². The van der Waals surface area contributed by atoms with Gasteiger partial charge in [0.1, 0.15) is 0 Å². The molecular weight excluding hydrogens is 234 g/mol. The van der Waals surface area contributed by atoms with Crippen molar-refractivity contribution < 1.29 is 5.11 Å². The number of aliphatic hydroxyl groups is 1. The van der Waals surface area contributed by atoms with Gasteiger partial charge in [-0.25, -0.2) is 0 Å². The van der Waals surface area contributed by atoms with Gasteiger partial charge in [0.15, 0.2) is 0 Å². The molecule has 0 spiro atoms. The van der Waals surface area contributed by atoms with Crippen LogP contribution < -0.4 is 0 Å². The second kappa shape index (κ2) is 9.96. The fourth-order valence-electron chi connectivity index (χ4n) is 2.41. The molecule has 1 aromatic rings. The minimum Gasteiger partial charge on any atom is -0.388 e. The molecule has 0 radical (unpaired) electrons. The predicted octanol–water partition coefficient (Wildman–Crippen LogP) is 4.95. The van der Waals surface area contributed by atoms with Gasteiger partial charge < -0.3 is 5.11 Å². The van der Waals surface area contributed by atoms with Crippen molar-refractivity contribution in [1.29, 1.82) is 0 Å². The van der Waals surface area contributed by atoms with Crippen molar-refractivity contribution in [2.45, 2.75) is 77.7 Å². The Morgan fingerprint density at radius 3 is 2.32 bits per heavy atom. The molecule has 0 fully saturated rings. The van der Waals surface area contributed by atoms with Crippen molar-refractivity contribution in [1.82, 2.24) is 4.98 Å². The molecule has 1 atom stereocenters. The van der Waals surface area contributed by atoms with Crippen molar-refractivity contribution in [3.05, 3.63) is 29.6 Å². The molecule has 0 bridgehead atoms. The topological polar surface area (TPSA) is 33.1 Å². The summed E-state index contributed by atoms with van der Waals surface area (Å²) in [6.07, 6.45) is 12.8. The van der Waals surface area contributed by atoms with Crippen LogP contribution in [0.3, 0.4) is 0 Å². The Bertz CT molecular complexity index is 338. The molecule has 2 nitrogen and oxygen atoms in total. The molecule has 19 heavy (non-hydrogen) atoms. The monoisotopic (exact) mass is 263 g/mol. The fourth-order valence-corrected chi connectivity index (χ4v) is 2.41. The van der Waals surface area contributed by atoms with E-state index in [1.54, 1.807) is 6.20 Å². The van der Waals surface area contributed by atoms with Gasteiger partial charge in [-0.2, -0.15) is 0 Å². The predicted molar refractivity (Wildman–Crippen MR) is 81.2 cm³/mol. The third-order valence-electron chi connectivity index (χ3n) is 3.64. The molecule has 1 aromatic heterocycles.